The number of primary amides is 1. The molecule has 0 aliphatic carbocycles. The monoisotopic (exact) mass is 239 g/mol. The van der Waals surface area contributed by atoms with E-state index in [1.165, 1.54) is 4.88 Å². The Kier molecular flexibility index (Phi) is 3.88. The smallest absolute Gasteiger partial charge is 0.248 e. The zero-order valence-electron chi connectivity index (χ0n) is 7.84. The lowest BCUT2D eigenvalue weighted by atomic mass is 10.1. The molecule has 2 rings (SSSR count). The molecule has 4 heteroatoms. The molecule has 1 heterocycles. The fourth-order valence-corrected chi connectivity index (χ4v) is 1.97. The summed E-state index contributed by atoms with van der Waals surface area (Å²) in [5.74, 6) is -0.386. The first-order chi connectivity index (χ1) is 6.77. The molecule has 0 radical (unpaired) electrons. The maximum absolute atomic E-state index is 10.8. The molecular formula is C11H10ClNOS. The summed E-state index contributed by atoms with van der Waals surface area (Å²) >= 11 is 1.67. The zero-order chi connectivity index (χ0) is 9.97. The number of nitrogens with two attached hydrogens (primary N) is 1. The van der Waals surface area contributed by atoms with Crippen LogP contribution in [0, 0.1) is 0 Å². The number of halogens is 1. The second-order valence-electron chi connectivity index (χ2n) is 2.92. The van der Waals surface area contributed by atoms with E-state index in [2.05, 4.69) is 0 Å². The number of hydrogen-bond donors (Lipinski definition) is 1. The van der Waals surface area contributed by atoms with Crippen LogP contribution in [0.25, 0.3) is 10.4 Å². The SMILES string of the molecule is Cl.NC(=O)c1ccc(-c2cccs2)cc1. The first-order valence-electron chi connectivity index (χ1n) is 4.21. The highest BCUT2D eigenvalue weighted by atomic mass is 35.5. The van der Waals surface area contributed by atoms with Crippen molar-refractivity contribution in [2.24, 2.45) is 5.73 Å². The fraction of sp³-hybridized carbons (Fsp3) is 0. The Morgan fingerprint density at radius 1 is 1.13 bits per heavy atom. The highest BCUT2D eigenvalue weighted by molar-refractivity contribution is 7.13. The number of thiophene rings is 1. The van der Waals surface area contributed by atoms with E-state index < -0.39 is 0 Å². The highest BCUT2D eigenvalue weighted by Gasteiger charge is 2.01. The van der Waals surface area contributed by atoms with Crippen LogP contribution >= 0.6 is 23.7 Å². The molecule has 2 N–H and O–H groups in total. The highest BCUT2D eigenvalue weighted by Crippen LogP contribution is 2.24. The van der Waals surface area contributed by atoms with Crippen LogP contribution < -0.4 is 5.73 Å². The van der Waals surface area contributed by atoms with Crippen LogP contribution in [0.3, 0.4) is 0 Å². The molecule has 78 valence electrons. The van der Waals surface area contributed by atoms with Gasteiger partial charge in [0, 0.05) is 10.4 Å². The molecule has 15 heavy (non-hydrogen) atoms. The second kappa shape index (κ2) is 4.96. The second-order valence-corrected chi connectivity index (χ2v) is 3.87. The minimum atomic E-state index is -0.386. The van der Waals surface area contributed by atoms with Crippen molar-refractivity contribution in [3.05, 3.63) is 47.3 Å². The first-order valence-corrected chi connectivity index (χ1v) is 5.09. The largest absolute Gasteiger partial charge is 0.366 e. The van der Waals surface area contributed by atoms with Gasteiger partial charge >= 0.3 is 0 Å². The minimum Gasteiger partial charge on any atom is -0.366 e. The lowest BCUT2D eigenvalue weighted by molar-refractivity contribution is 0.100. The van der Waals surface area contributed by atoms with Gasteiger partial charge in [-0.1, -0.05) is 18.2 Å². The minimum absolute atomic E-state index is 0. The van der Waals surface area contributed by atoms with Gasteiger partial charge in [0.05, 0.1) is 0 Å². The summed E-state index contributed by atoms with van der Waals surface area (Å²) in [6.07, 6.45) is 0. The molecular weight excluding hydrogens is 230 g/mol. The van der Waals surface area contributed by atoms with Crippen molar-refractivity contribution in [3.63, 3.8) is 0 Å². The molecule has 0 atom stereocenters. The Labute approximate surface area is 98.1 Å². The Hall–Kier alpha value is -1.32. The van der Waals surface area contributed by atoms with Crippen LogP contribution in [-0.4, -0.2) is 5.91 Å². The number of carbonyl (C=O) groups excluding carboxylic acids is 1. The predicted molar refractivity (Wildman–Crippen MR) is 65.5 cm³/mol. The van der Waals surface area contributed by atoms with Gasteiger partial charge in [0.1, 0.15) is 0 Å². The van der Waals surface area contributed by atoms with Gasteiger partial charge in [-0.25, -0.2) is 0 Å². The quantitative estimate of drug-likeness (QED) is 0.860. The summed E-state index contributed by atoms with van der Waals surface area (Å²) in [4.78, 5) is 12.0. The summed E-state index contributed by atoms with van der Waals surface area (Å²) < 4.78 is 0. The number of carbonyl (C=O) groups is 1. The molecule has 0 fully saturated rings. The van der Waals surface area contributed by atoms with Crippen LogP contribution in [-0.2, 0) is 0 Å². The summed E-state index contributed by atoms with van der Waals surface area (Å²) in [5, 5.41) is 2.03. The first kappa shape index (κ1) is 11.8. The van der Waals surface area contributed by atoms with E-state index in [1.807, 2.05) is 29.6 Å². The molecule has 1 aromatic heterocycles. The van der Waals surface area contributed by atoms with Gasteiger partial charge in [-0.2, -0.15) is 0 Å². The van der Waals surface area contributed by atoms with Gasteiger partial charge in [0.2, 0.25) is 5.91 Å². The van der Waals surface area contributed by atoms with Gasteiger partial charge in [-0.05, 0) is 29.1 Å². The third-order valence-corrected chi connectivity index (χ3v) is 2.89. The molecule has 0 saturated heterocycles. The molecule has 2 aromatic rings. The lowest BCUT2D eigenvalue weighted by Gasteiger charge is -1.98. The number of amides is 1. The average molecular weight is 240 g/mol. The van der Waals surface area contributed by atoms with Crippen molar-refractivity contribution in [1.29, 1.82) is 0 Å². The number of rotatable bonds is 2. The van der Waals surface area contributed by atoms with Crippen molar-refractivity contribution in [3.8, 4) is 10.4 Å². The van der Waals surface area contributed by atoms with E-state index in [4.69, 9.17) is 5.73 Å². The molecule has 0 aliphatic rings. The van der Waals surface area contributed by atoms with Gasteiger partial charge in [0.15, 0.2) is 0 Å². The third-order valence-electron chi connectivity index (χ3n) is 1.98. The van der Waals surface area contributed by atoms with E-state index in [0.29, 0.717) is 5.56 Å². The van der Waals surface area contributed by atoms with Crippen molar-refractivity contribution in [2.45, 2.75) is 0 Å². The van der Waals surface area contributed by atoms with Gasteiger partial charge in [0.25, 0.3) is 0 Å². The Balaban J connectivity index is 0.00000112. The van der Waals surface area contributed by atoms with Gasteiger partial charge < -0.3 is 5.73 Å². The zero-order valence-corrected chi connectivity index (χ0v) is 9.48. The van der Waals surface area contributed by atoms with Crippen LogP contribution in [0.2, 0.25) is 0 Å². The van der Waals surface area contributed by atoms with Gasteiger partial charge in [-0.15, -0.1) is 23.7 Å². The number of hydrogen-bond acceptors (Lipinski definition) is 2. The molecule has 0 unspecified atom stereocenters. The van der Waals surface area contributed by atoms with E-state index in [-0.39, 0.29) is 18.3 Å². The summed E-state index contributed by atoms with van der Waals surface area (Å²) in [6, 6.07) is 11.4. The summed E-state index contributed by atoms with van der Waals surface area (Å²) in [6.45, 7) is 0. The normalized spacial score (nSPS) is 9.33. The average Bonchev–Trinajstić information content (AvgIpc) is 2.71. The predicted octanol–water partition coefficient (Wildman–Crippen LogP) is 2.94. The fourth-order valence-electron chi connectivity index (χ4n) is 1.24. The molecule has 1 aromatic carbocycles. The van der Waals surface area contributed by atoms with Crippen LogP contribution in [0.15, 0.2) is 41.8 Å². The lowest BCUT2D eigenvalue weighted by Crippen LogP contribution is -2.10. The molecule has 2 nitrogen and oxygen atoms in total. The van der Waals surface area contributed by atoms with E-state index in [9.17, 15) is 4.79 Å². The maximum Gasteiger partial charge on any atom is 0.248 e. The van der Waals surface area contributed by atoms with Crippen LogP contribution in [0.1, 0.15) is 10.4 Å². The van der Waals surface area contributed by atoms with E-state index in [1.54, 1.807) is 23.5 Å². The van der Waals surface area contributed by atoms with Crippen molar-refractivity contribution in [1.82, 2.24) is 0 Å². The van der Waals surface area contributed by atoms with Crippen molar-refractivity contribution >= 4 is 29.7 Å². The topological polar surface area (TPSA) is 43.1 Å². The number of benzene rings is 1. The summed E-state index contributed by atoms with van der Waals surface area (Å²) in [5.41, 5.74) is 6.81. The van der Waals surface area contributed by atoms with Crippen LogP contribution in [0.4, 0.5) is 0 Å². The van der Waals surface area contributed by atoms with Crippen LogP contribution in [0.5, 0.6) is 0 Å². The van der Waals surface area contributed by atoms with Crippen molar-refractivity contribution in [2.75, 3.05) is 0 Å². The molecule has 0 bridgehead atoms. The Morgan fingerprint density at radius 3 is 2.27 bits per heavy atom. The molecule has 0 spiro atoms. The van der Waals surface area contributed by atoms with E-state index >= 15 is 0 Å². The van der Waals surface area contributed by atoms with E-state index in [0.717, 1.165) is 5.56 Å². The molecule has 1 amide bonds. The molecule has 0 saturated carbocycles. The molecule has 0 aliphatic heterocycles. The third kappa shape index (κ3) is 2.58. The van der Waals surface area contributed by atoms with Crippen molar-refractivity contribution < 1.29 is 4.79 Å². The standard InChI is InChI=1S/C11H9NOS.ClH/c12-11(13)9-5-3-8(4-6-9)10-2-1-7-14-10;/h1-7H,(H2,12,13);1H. The Morgan fingerprint density at radius 2 is 1.80 bits per heavy atom. The summed E-state index contributed by atoms with van der Waals surface area (Å²) in [7, 11) is 0. The maximum atomic E-state index is 10.8. The Bertz CT molecular complexity index is 436. The van der Waals surface area contributed by atoms with Gasteiger partial charge in [-0.3, -0.25) is 4.79 Å².